The van der Waals surface area contributed by atoms with Gasteiger partial charge in [0.2, 0.25) is 0 Å². The first-order chi connectivity index (χ1) is 10.3. The quantitative estimate of drug-likeness (QED) is 0.674. The van der Waals surface area contributed by atoms with Crippen molar-refractivity contribution in [3.05, 3.63) is 0 Å². The zero-order chi connectivity index (χ0) is 15.1. The van der Waals surface area contributed by atoms with Crippen molar-refractivity contribution < 1.29 is 20.1 Å². The van der Waals surface area contributed by atoms with Crippen LogP contribution in [0.15, 0.2) is 0 Å². The summed E-state index contributed by atoms with van der Waals surface area (Å²) < 4.78 is 6.39. The van der Waals surface area contributed by atoms with Crippen molar-refractivity contribution in [1.29, 1.82) is 0 Å². The maximum Gasteiger partial charge on any atom is 0.0729 e. The number of hydrogen-bond acceptors (Lipinski definition) is 4. The Labute approximate surface area is 128 Å². The minimum atomic E-state index is -0.903. The smallest absolute Gasteiger partial charge is 0.0729 e. The molecule has 1 atom stereocenters. The molecule has 0 amide bonds. The fourth-order valence-corrected chi connectivity index (χ4v) is 4.02. The lowest BCUT2D eigenvalue weighted by atomic mass is 9.72. The highest BCUT2D eigenvalue weighted by atomic mass is 16.5. The van der Waals surface area contributed by atoms with Crippen molar-refractivity contribution in [3.63, 3.8) is 0 Å². The van der Waals surface area contributed by atoms with Crippen molar-refractivity contribution in [2.45, 2.75) is 76.4 Å². The standard InChI is InChI=1S/C17H32O4/c18-11-17(12-19,13-20)16(14-7-3-1-4-8-14)21-15-9-5-2-6-10-15/h14-16,18-20H,1-13H2. The molecule has 2 saturated carbocycles. The Bertz CT molecular complexity index is 270. The summed E-state index contributed by atoms with van der Waals surface area (Å²) in [6, 6.07) is 0. The first-order valence-electron chi connectivity index (χ1n) is 8.74. The number of ether oxygens (including phenoxy) is 1. The van der Waals surface area contributed by atoms with Gasteiger partial charge in [0.15, 0.2) is 0 Å². The van der Waals surface area contributed by atoms with E-state index in [1.807, 2.05) is 0 Å². The van der Waals surface area contributed by atoms with Gasteiger partial charge in [0.05, 0.1) is 37.4 Å². The van der Waals surface area contributed by atoms with Gasteiger partial charge >= 0.3 is 0 Å². The molecular weight excluding hydrogens is 268 g/mol. The summed E-state index contributed by atoms with van der Waals surface area (Å²) in [7, 11) is 0. The molecule has 4 nitrogen and oxygen atoms in total. The van der Waals surface area contributed by atoms with Crippen LogP contribution in [0, 0.1) is 11.3 Å². The molecule has 0 radical (unpaired) electrons. The Balaban J connectivity index is 2.11. The Hall–Kier alpha value is -0.160. The van der Waals surface area contributed by atoms with E-state index < -0.39 is 5.41 Å². The van der Waals surface area contributed by atoms with Gasteiger partial charge in [-0.25, -0.2) is 0 Å². The highest BCUT2D eigenvalue weighted by molar-refractivity contribution is 4.92. The molecule has 1 unspecified atom stereocenters. The molecule has 2 aliphatic carbocycles. The van der Waals surface area contributed by atoms with E-state index in [1.54, 1.807) is 0 Å². The first kappa shape index (κ1) is 17.2. The second kappa shape index (κ2) is 8.47. The second-order valence-electron chi connectivity index (χ2n) is 7.05. The zero-order valence-corrected chi connectivity index (χ0v) is 13.2. The van der Waals surface area contributed by atoms with E-state index in [9.17, 15) is 15.3 Å². The van der Waals surface area contributed by atoms with Gasteiger partial charge < -0.3 is 20.1 Å². The minimum absolute atomic E-state index is 0.214. The predicted octanol–water partition coefficient (Wildman–Crippen LogP) is 2.25. The average Bonchev–Trinajstić information content (AvgIpc) is 2.57. The summed E-state index contributed by atoms with van der Waals surface area (Å²) >= 11 is 0. The molecule has 2 aliphatic rings. The second-order valence-corrected chi connectivity index (χ2v) is 7.05. The Morgan fingerprint density at radius 3 is 1.71 bits per heavy atom. The van der Waals surface area contributed by atoms with Gasteiger partial charge in [-0.1, -0.05) is 38.5 Å². The van der Waals surface area contributed by atoms with Crippen molar-refractivity contribution >= 4 is 0 Å². The number of rotatable bonds is 7. The maximum absolute atomic E-state index is 9.81. The minimum Gasteiger partial charge on any atom is -0.396 e. The van der Waals surface area contributed by atoms with E-state index in [0.717, 1.165) is 25.7 Å². The first-order valence-corrected chi connectivity index (χ1v) is 8.74. The van der Waals surface area contributed by atoms with Crippen LogP contribution in [0.4, 0.5) is 0 Å². The molecule has 0 bridgehead atoms. The highest BCUT2D eigenvalue weighted by Crippen LogP contribution is 2.39. The molecule has 0 aromatic heterocycles. The van der Waals surface area contributed by atoms with Crippen LogP contribution in [0.3, 0.4) is 0 Å². The molecule has 0 aromatic rings. The van der Waals surface area contributed by atoms with E-state index in [2.05, 4.69) is 0 Å². The van der Waals surface area contributed by atoms with E-state index in [-0.39, 0.29) is 32.0 Å². The normalized spacial score (nSPS) is 24.1. The van der Waals surface area contributed by atoms with Gasteiger partial charge in [0.1, 0.15) is 0 Å². The lowest BCUT2D eigenvalue weighted by Gasteiger charge is -2.44. The number of aliphatic hydroxyl groups is 3. The zero-order valence-electron chi connectivity index (χ0n) is 13.2. The predicted molar refractivity (Wildman–Crippen MR) is 82.0 cm³/mol. The third-order valence-electron chi connectivity index (χ3n) is 5.52. The van der Waals surface area contributed by atoms with Gasteiger partial charge in [-0.05, 0) is 31.6 Å². The molecular formula is C17H32O4. The van der Waals surface area contributed by atoms with Gasteiger partial charge in [-0.2, -0.15) is 0 Å². The van der Waals surface area contributed by atoms with Crippen LogP contribution in [0.2, 0.25) is 0 Å². The largest absolute Gasteiger partial charge is 0.396 e. The maximum atomic E-state index is 9.81. The third-order valence-corrected chi connectivity index (χ3v) is 5.52. The summed E-state index contributed by atoms with van der Waals surface area (Å²) in [5.41, 5.74) is -0.903. The molecule has 2 rings (SSSR count). The van der Waals surface area contributed by atoms with Crippen LogP contribution in [-0.2, 0) is 4.74 Å². The van der Waals surface area contributed by atoms with Crippen molar-refractivity contribution in [1.82, 2.24) is 0 Å². The summed E-state index contributed by atoms with van der Waals surface area (Å²) in [4.78, 5) is 0. The fourth-order valence-electron chi connectivity index (χ4n) is 4.02. The lowest BCUT2D eigenvalue weighted by Crippen LogP contribution is -2.52. The van der Waals surface area contributed by atoms with Crippen LogP contribution < -0.4 is 0 Å². The van der Waals surface area contributed by atoms with Crippen LogP contribution in [0.1, 0.15) is 64.2 Å². The van der Waals surface area contributed by atoms with E-state index in [1.165, 1.54) is 38.5 Å². The van der Waals surface area contributed by atoms with Gasteiger partial charge in [-0.3, -0.25) is 0 Å². The number of aliphatic hydroxyl groups excluding tert-OH is 3. The lowest BCUT2D eigenvalue weighted by molar-refractivity contribution is -0.168. The van der Waals surface area contributed by atoms with Gasteiger partial charge in [0, 0.05) is 0 Å². The summed E-state index contributed by atoms with van der Waals surface area (Å²) in [5.74, 6) is 0.354. The number of hydrogen-bond donors (Lipinski definition) is 3. The van der Waals surface area contributed by atoms with E-state index in [0.29, 0.717) is 5.92 Å². The Morgan fingerprint density at radius 1 is 0.762 bits per heavy atom. The molecule has 21 heavy (non-hydrogen) atoms. The van der Waals surface area contributed by atoms with Crippen molar-refractivity contribution in [3.8, 4) is 0 Å². The van der Waals surface area contributed by atoms with Gasteiger partial charge in [0.25, 0.3) is 0 Å². The SMILES string of the molecule is OCC(CO)(CO)C(OC1CCCCC1)C1CCCCC1. The molecule has 0 saturated heterocycles. The summed E-state index contributed by atoms with van der Waals surface area (Å²) in [5, 5.41) is 29.4. The van der Waals surface area contributed by atoms with Crippen molar-refractivity contribution in [2.75, 3.05) is 19.8 Å². The third kappa shape index (κ3) is 4.19. The molecule has 3 N–H and O–H groups in total. The fraction of sp³-hybridized carbons (Fsp3) is 1.00. The van der Waals surface area contributed by atoms with E-state index in [4.69, 9.17) is 4.74 Å². The molecule has 0 heterocycles. The topological polar surface area (TPSA) is 69.9 Å². The highest BCUT2D eigenvalue weighted by Gasteiger charge is 2.44. The van der Waals surface area contributed by atoms with Crippen LogP contribution in [-0.4, -0.2) is 47.3 Å². The van der Waals surface area contributed by atoms with Crippen LogP contribution in [0.25, 0.3) is 0 Å². The van der Waals surface area contributed by atoms with E-state index >= 15 is 0 Å². The molecule has 2 fully saturated rings. The molecule has 0 spiro atoms. The van der Waals surface area contributed by atoms with Crippen LogP contribution >= 0.6 is 0 Å². The summed E-state index contributed by atoms with van der Waals surface area (Å²) in [6.45, 7) is -0.643. The molecule has 124 valence electrons. The van der Waals surface area contributed by atoms with Crippen LogP contribution in [0.5, 0.6) is 0 Å². The average molecular weight is 300 g/mol. The molecule has 0 aromatic carbocycles. The monoisotopic (exact) mass is 300 g/mol. The molecule has 4 heteroatoms. The Morgan fingerprint density at radius 2 is 1.24 bits per heavy atom. The Kier molecular flexibility index (Phi) is 6.93. The van der Waals surface area contributed by atoms with Gasteiger partial charge in [-0.15, -0.1) is 0 Å². The molecule has 0 aliphatic heterocycles. The van der Waals surface area contributed by atoms with Crippen molar-refractivity contribution in [2.24, 2.45) is 11.3 Å². The summed E-state index contributed by atoms with van der Waals surface area (Å²) in [6.07, 6.45) is 11.6.